The van der Waals surface area contributed by atoms with Crippen molar-refractivity contribution in [2.24, 2.45) is 0 Å². The number of nitrogens with zero attached hydrogens (tertiary/aromatic N) is 3. The molecular weight excluding hydrogens is 458 g/mol. The van der Waals surface area contributed by atoms with Crippen molar-refractivity contribution in [3.63, 3.8) is 0 Å². The minimum absolute atomic E-state index is 0.0171. The maximum Gasteiger partial charge on any atom is 0.316 e. The highest BCUT2D eigenvalue weighted by molar-refractivity contribution is 7.99. The highest BCUT2D eigenvalue weighted by Gasteiger charge is 2.23. The minimum atomic E-state index is -3.63. The van der Waals surface area contributed by atoms with Crippen LogP contribution in [-0.2, 0) is 31.7 Å². The van der Waals surface area contributed by atoms with Crippen LogP contribution in [-0.4, -0.2) is 34.9 Å². The van der Waals surface area contributed by atoms with Crippen LogP contribution in [0.3, 0.4) is 0 Å². The monoisotopic (exact) mass is 479 g/mol. The van der Waals surface area contributed by atoms with E-state index < -0.39 is 15.8 Å². The molecule has 0 fully saturated rings. The molecule has 0 saturated heterocycles. The van der Waals surface area contributed by atoms with E-state index in [0.717, 1.165) is 17.3 Å². The number of para-hydroxylation sites is 1. The van der Waals surface area contributed by atoms with Crippen LogP contribution in [0.4, 0.5) is 0 Å². The molecule has 1 aromatic heterocycles. The van der Waals surface area contributed by atoms with Gasteiger partial charge in [0.25, 0.3) is 0 Å². The summed E-state index contributed by atoms with van der Waals surface area (Å²) in [5.74, 6) is -0.434. The summed E-state index contributed by atoms with van der Waals surface area (Å²) in [6.07, 6.45) is 0. The average Bonchev–Trinajstić information content (AvgIpc) is 3.24. The molecule has 0 N–H and O–H groups in total. The lowest BCUT2D eigenvalue weighted by Crippen LogP contribution is -2.12. The van der Waals surface area contributed by atoms with Gasteiger partial charge in [-0.05, 0) is 29.8 Å². The smallest absolute Gasteiger partial charge is 0.316 e. The third-order valence-electron chi connectivity index (χ3n) is 4.70. The lowest BCUT2D eigenvalue weighted by molar-refractivity contribution is -0.141. The predicted molar refractivity (Wildman–Crippen MR) is 126 cm³/mol. The molecule has 0 saturated carbocycles. The number of benzene rings is 3. The molecule has 0 aliphatic rings. The summed E-state index contributed by atoms with van der Waals surface area (Å²) in [6.45, 7) is 0.187. The molecule has 0 amide bonds. The van der Waals surface area contributed by atoms with E-state index in [-0.39, 0.29) is 28.8 Å². The molecule has 4 rings (SSSR count). The van der Waals surface area contributed by atoms with E-state index >= 15 is 0 Å². The normalized spacial score (nSPS) is 11.3. The van der Waals surface area contributed by atoms with Crippen molar-refractivity contribution in [2.45, 2.75) is 22.4 Å². The van der Waals surface area contributed by atoms with Crippen LogP contribution in [0, 0.1) is 0 Å². The molecule has 0 aliphatic carbocycles. The number of carbonyl (C=O) groups excluding carboxylic acids is 1. The Kier molecular flexibility index (Phi) is 7.21. The van der Waals surface area contributed by atoms with E-state index in [1.807, 2.05) is 60.7 Å². The molecule has 0 bridgehead atoms. The minimum Gasteiger partial charge on any atom is -0.460 e. The molecule has 4 aromatic rings. The standard InChI is InChI=1S/C24H21N3O4S2/c28-23(31-16-19-10-4-1-5-11-19)17-32-24-26-25-22(27(24)20-12-6-2-7-13-20)18-33(29,30)21-14-8-3-9-15-21/h1-15H,16-18H2. The summed E-state index contributed by atoms with van der Waals surface area (Å²) in [5, 5.41) is 8.71. The Labute approximate surface area is 196 Å². The molecule has 0 atom stereocenters. The fraction of sp³-hybridized carbons (Fsp3) is 0.125. The first kappa shape index (κ1) is 22.8. The van der Waals surface area contributed by atoms with E-state index in [1.165, 1.54) is 0 Å². The SMILES string of the molecule is O=C(CSc1nnc(CS(=O)(=O)c2ccccc2)n1-c1ccccc1)OCc1ccccc1. The number of carbonyl (C=O) groups is 1. The topological polar surface area (TPSA) is 91.2 Å². The highest BCUT2D eigenvalue weighted by Crippen LogP contribution is 2.25. The number of ether oxygens (including phenoxy) is 1. The Hall–Kier alpha value is -3.43. The van der Waals surface area contributed by atoms with Crippen LogP contribution in [0.15, 0.2) is 101 Å². The zero-order valence-corrected chi connectivity index (χ0v) is 19.2. The van der Waals surface area contributed by atoms with Gasteiger partial charge in [-0.2, -0.15) is 0 Å². The Morgan fingerprint density at radius 2 is 1.45 bits per heavy atom. The van der Waals surface area contributed by atoms with Gasteiger partial charge in [0.1, 0.15) is 12.4 Å². The Morgan fingerprint density at radius 3 is 2.12 bits per heavy atom. The van der Waals surface area contributed by atoms with Crippen molar-refractivity contribution in [1.29, 1.82) is 0 Å². The molecule has 33 heavy (non-hydrogen) atoms. The van der Waals surface area contributed by atoms with Crippen LogP contribution in [0.5, 0.6) is 0 Å². The van der Waals surface area contributed by atoms with Crippen molar-refractivity contribution in [2.75, 3.05) is 5.75 Å². The van der Waals surface area contributed by atoms with Crippen LogP contribution in [0.1, 0.15) is 11.4 Å². The molecule has 0 aliphatic heterocycles. The molecule has 0 spiro atoms. The van der Waals surface area contributed by atoms with Gasteiger partial charge in [0.2, 0.25) is 0 Å². The summed E-state index contributed by atoms with van der Waals surface area (Å²) < 4.78 is 32.8. The van der Waals surface area contributed by atoms with Crippen molar-refractivity contribution in [1.82, 2.24) is 14.8 Å². The summed E-state index contributed by atoms with van der Waals surface area (Å²) >= 11 is 1.15. The van der Waals surface area contributed by atoms with Gasteiger partial charge in [-0.3, -0.25) is 9.36 Å². The quantitative estimate of drug-likeness (QED) is 0.264. The predicted octanol–water partition coefficient (Wildman–Crippen LogP) is 4.08. The summed E-state index contributed by atoms with van der Waals surface area (Å²) in [4.78, 5) is 12.5. The Balaban J connectivity index is 1.52. The summed E-state index contributed by atoms with van der Waals surface area (Å²) in [7, 11) is -3.63. The van der Waals surface area contributed by atoms with Gasteiger partial charge in [-0.25, -0.2) is 8.42 Å². The van der Waals surface area contributed by atoms with Gasteiger partial charge in [0.05, 0.1) is 10.6 Å². The maximum absolute atomic E-state index is 12.9. The van der Waals surface area contributed by atoms with Crippen molar-refractivity contribution < 1.29 is 17.9 Å². The van der Waals surface area contributed by atoms with Crippen LogP contribution in [0.2, 0.25) is 0 Å². The van der Waals surface area contributed by atoms with Crippen LogP contribution >= 0.6 is 11.8 Å². The average molecular weight is 480 g/mol. The second kappa shape index (κ2) is 10.5. The van der Waals surface area contributed by atoms with Gasteiger partial charge in [0, 0.05) is 5.69 Å². The van der Waals surface area contributed by atoms with Crippen LogP contribution < -0.4 is 0 Å². The highest BCUT2D eigenvalue weighted by atomic mass is 32.2. The van der Waals surface area contributed by atoms with Crippen LogP contribution in [0.25, 0.3) is 5.69 Å². The molecular formula is C24H21N3O4S2. The molecule has 3 aromatic carbocycles. The number of hydrogen-bond donors (Lipinski definition) is 0. The zero-order chi connectivity index (χ0) is 23.1. The molecule has 7 nitrogen and oxygen atoms in total. The van der Waals surface area contributed by atoms with Gasteiger partial charge in [-0.1, -0.05) is 78.5 Å². The van der Waals surface area contributed by atoms with E-state index in [2.05, 4.69) is 10.2 Å². The van der Waals surface area contributed by atoms with E-state index in [1.54, 1.807) is 34.9 Å². The van der Waals surface area contributed by atoms with E-state index in [0.29, 0.717) is 10.8 Å². The van der Waals surface area contributed by atoms with Gasteiger partial charge >= 0.3 is 5.97 Å². The van der Waals surface area contributed by atoms with Crippen molar-refractivity contribution >= 4 is 27.6 Å². The first-order valence-corrected chi connectivity index (χ1v) is 12.8. The third-order valence-corrected chi connectivity index (χ3v) is 7.23. The van der Waals surface area contributed by atoms with Gasteiger partial charge in [-0.15, -0.1) is 10.2 Å². The molecule has 0 radical (unpaired) electrons. The Morgan fingerprint density at radius 1 is 0.848 bits per heavy atom. The molecule has 9 heteroatoms. The second-order valence-electron chi connectivity index (χ2n) is 7.08. The number of esters is 1. The molecule has 0 unspecified atom stereocenters. The fourth-order valence-electron chi connectivity index (χ4n) is 3.11. The number of hydrogen-bond acceptors (Lipinski definition) is 7. The second-order valence-corrected chi connectivity index (χ2v) is 10.0. The lowest BCUT2D eigenvalue weighted by Gasteiger charge is -2.11. The third kappa shape index (κ3) is 5.88. The zero-order valence-electron chi connectivity index (χ0n) is 17.6. The van der Waals surface area contributed by atoms with Gasteiger partial charge in [0.15, 0.2) is 20.8 Å². The van der Waals surface area contributed by atoms with Crippen molar-refractivity contribution in [3.8, 4) is 5.69 Å². The first-order valence-electron chi connectivity index (χ1n) is 10.1. The lowest BCUT2D eigenvalue weighted by atomic mass is 10.2. The number of aromatic nitrogens is 3. The van der Waals surface area contributed by atoms with E-state index in [4.69, 9.17) is 4.74 Å². The molecule has 168 valence electrons. The van der Waals surface area contributed by atoms with Crippen molar-refractivity contribution in [3.05, 3.63) is 102 Å². The fourth-order valence-corrected chi connectivity index (χ4v) is 5.14. The first-order chi connectivity index (χ1) is 16.0. The van der Waals surface area contributed by atoms with Gasteiger partial charge < -0.3 is 4.74 Å². The molecule has 1 heterocycles. The maximum atomic E-state index is 12.9. The summed E-state index contributed by atoms with van der Waals surface area (Å²) in [5.41, 5.74) is 1.61. The summed E-state index contributed by atoms with van der Waals surface area (Å²) in [6, 6.07) is 26.9. The number of sulfone groups is 1. The number of thioether (sulfide) groups is 1. The van der Waals surface area contributed by atoms with E-state index in [9.17, 15) is 13.2 Å². The largest absolute Gasteiger partial charge is 0.460 e. The number of rotatable bonds is 9. The Bertz CT molecular complexity index is 1310.